The first kappa shape index (κ1) is 14.5. The van der Waals surface area contributed by atoms with Crippen LogP contribution in [0.1, 0.15) is 51.9 Å². The fraction of sp³-hybridized carbons (Fsp3) is 0.923. The molecule has 0 saturated heterocycles. The highest BCUT2D eigenvalue weighted by atomic mass is 16.4. The summed E-state index contributed by atoms with van der Waals surface area (Å²) in [4.78, 5) is 10.4. The summed E-state index contributed by atoms with van der Waals surface area (Å²) in [6.07, 6.45) is 6.83. The van der Waals surface area contributed by atoms with E-state index in [4.69, 9.17) is 5.11 Å². The van der Waals surface area contributed by atoms with E-state index in [1.165, 1.54) is 38.5 Å². The molecule has 3 N–H and O–H groups in total. The Morgan fingerprint density at radius 1 is 1.29 bits per heavy atom. The van der Waals surface area contributed by atoms with Gasteiger partial charge in [0.2, 0.25) is 0 Å². The zero-order chi connectivity index (χ0) is 12.7. The number of nitrogens with one attached hydrogen (secondary N) is 1. The Morgan fingerprint density at radius 3 is 2.41 bits per heavy atom. The van der Waals surface area contributed by atoms with Gasteiger partial charge in [0.15, 0.2) is 0 Å². The molecular formula is C13H25NO3. The molecule has 1 rings (SSSR count). The van der Waals surface area contributed by atoms with Gasteiger partial charge in [0.1, 0.15) is 0 Å². The zero-order valence-corrected chi connectivity index (χ0v) is 10.7. The van der Waals surface area contributed by atoms with Gasteiger partial charge in [0.25, 0.3) is 0 Å². The highest BCUT2D eigenvalue weighted by Gasteiger charge is 2.19. The molecule has 0 aromatic carbocycles. The normalized spacial score (nSPS) is 21.8. The van der Waals surface area contributed by atoms with Crippen LogP contribution in [0, 0.1) is 5.92 Å². The summed E-state index contributed by atoms with van der Waals surface area (Å²) in [6, 6.07) is 0.372. The summed E-state index contributed by atoms with van der Waals surface area (Å²) in [5, 5.41) is 21.3. The van der Waals surface area contributed by atoms with Crippen LogP contribution in [0.4, 0.5) is 0 Å². The van der Waals surface area contributed by atoms with Crippen LogP contribution in [0.25, 0.3) is 0 Å². The number of rotatable bonds is 6. The van der Waals surface area contributed by atoms with Crippen molar-refractivity contribution in [3.05, 3.63) is 0 Å². The van der Waals surface area contributed by atoms with Gasteiger partial charge in [0, 0.05) is 12.6 Å². The van der Waals surface area contributed by atoms with Crippen molar-refractivity contribution in [2.45, 2.75) is 64.0 Å². The van der Waals surface area contributed by atoms with Gasteiger partial charge in [0.05, 0.1) is 12.5 Å². The van der Waals surface area contributed by atoms with Gasteiger partial charge >= 0.3 is 5.97 Å². The molecule has 4 heteroatoms. The third kappa shape index (κ3) is 6.03. The molecule has 0 amide bonds. The Balaban J connectivity index is 2.22. The van der Waals surface area contributed by atoms with E-state index in [2.05, 4.69) is 12.2 Å². The van der Waals surface area contributed by atoms with E-state index in [1.54, 1.807) is 0 Å². The first-order valence-corrected chi connectivity index (χ1v) is 6.73. The Kier molecular flexibility index (Phi) is 6.52. The molecule has 17 heavy (non-hydrogen) atoms. The van der Waals surface area contributed by atoms with Gasteiger partial charge in [-0.1, -0.05) is 25.7 Å². The molecule has 0 spiro atoms. The van der Waals surface area contributed by atoms with Crippen molar-refractivity contribution in [2.75, 3.05) is 6.54 Å². The van der Waals surface area contributed by atoms with E-state index in [9.17, 15) is 9.90 Å². The van der Waals surface area contributed by atoms with Crippen molar-refractivity contribution >= 4 is 5.97 Å². The number of aliphatic hydroxyl groups is 1. The Morgan fingerprint density at radius 2 is 1.88 bits per heavy atom. The van der Waals surface area contributed by atoms with Crippen LogP contribution in [0.15, 0.2) is 0 Å². The molecule has 0 aromatic heterocycles. The lowest BCUT2D eigenvalue weighted by atomic mass is 9.93. The minimum absolute atomic E-state index is 0.176. The molecule has 0 radical (unpaired) electrons. The van der Waals surface area contributed by atoms with Gasteiger partial charge in [-0.15, -0.1) is 0 Å². The maximum atomic E-state index is 10.4. The lowest BCUT2D eigenvalue weighted by Crippen LogP contribution is -2.39. The van der Waals surface area contributed by atoms with Crippen molar-refractivity contribution in [1.29, 1.82) is 0 Å². The van der Waals surface area contributed by atoms with E-state index in [0.717, 1.165) is 0 Å². The first-order valence-electron chi connectivity index (χ1n) is 6.73. The van der Waals surface area contributed by atoms with E-state index < -0.39 is 12.1 Å². The summed E-state index contributed by atoms with van der Waals surface area (Å²) in [5.74, 6) is -0.268. The third-order valence-electron chi connectivity index (χ3n) is 3.69. The molecule has 1 saturated carbocycles. The van der Waals surface area contributed by atoms with Crippen LogP contribution in [0.3, 0.4) is 0 Å². The largest absolute Gasteiger partial charge is 0.481 e. The van der Waals surface area contributed by atoms with Crippen LogP contribution in [-0.4, -0.2) is 34.9 Å². The average molecular weight is 243 g/mol. The second kappa shape index (κ2) is 7.67. The monoisotopic (exact) mass is 243 g/mol. The Bertz CT molecular complexity index is 225. The van der Waals surface area contributed by atoms with Gasteiger partial charge in [-0.2, -0.15) is 0 Å². The molecule has 0 aromatic rings. The smallest absolute Gasteiger partial charge is 0.306 e. The molecule has 0 aliphatic heterocycles. The molecule has 1 fully saturated rings. The number of hydrogen-bond acceptors (Lipinski definition) is 3. The molecule has 1 aliphatic carbocycles. The average Bonchev–Trinajstić information content (AvgIpc) is 2.53. The van der Waals surface area contributed by atoms with E-state index in [1.807, 2.05) is 0 Å². The molecule has 1 aliphatic rings. The van der Waals surface area contributed by atoms with Gasteiger partial charge in [-0.3, -0.25) is 4.79 Å². The van der Waals surface area contributed by atoms with Crippen LogP contribution in [0.2, 0.25) is 0 Å². The number of aliphatic hydroxyl groups excluding tert-OH is 1. The first-order chi connectivity index (χ1) is 8.09. The second-order valence-electron chi connectivity index (χ2n) is 5.20. The van der Waals surface area contributed by atoms with Crippen molar-refractivity contribution in [2.24, 2.45) is 5.92 Å². The van der Waals surface area contributed by atoms with Crippen LogP contribution in [-0.2, 0) is 4.79 Å². The van der Waals surface area contributed by atoms with Crippen LogP contribution >= 0.6 is 0 Å². The minimum Gasteiger partial charge on any atom is -0.481 e. The number of hydrogen-bond donors (Lipinski definition) is 3. The van der Waals surface area contributed by atoms with Gasteiger partial charge in [-0.25, -0.2) is 0 Å². The molecule has 0 bridgehead atoms. The number of carboxylic acid groups (broad SMARTS) is 1. The maximum Gasteiger partial charge on any atom is 0.306 e. The predicted octanol–water partition coefficient (Wildman–Crippen LogP) is 1.77. The van der Waals surface area contributed by atoms with Crippen molar-refractivity contribution in [1.82, 2.24) is 5.32 Å². The number of carboxylic acids is 1. The van der Waals surface area contributed by atoms with E-state index in [0.29, 0.717) is 18.5 Å². The Labute approximate surface area is 103 Å². The molecule has 2 atom stereocenters. The fourth-order valence-electron chi connectivity index (χ4n) is 2.57. The molecule has 0 heterocycles. The lowest BCUT2D eigenvalue weighted by Gasteiger charge is -2.24. The van der Waals surface area contributed by atoms with E-state index in [-0.39, 0.29) is 6.42 Å². The van der Waals surface area contributed by atoms with Gasteiger partial charge < -0.3 is 15.5 Å². The third-order valence-corrected chi connectivity index (χ3v) is 3.69. The molecular weight excluding hydrogens is 218 g/mol. The summed E-state index contributed by atoms with van der Waals surface area (Å²) in [6.45, 7) is 2.52. The summed E-state index contributed by atoms with van der Waals surface area (Å²) < 4.78 is 0. The maximum absolute atomic E-state index is 10.4. The Hall–Kier alpha value is -0.610. The lowest BCUT2D eigenvalue weighted by molar-refractivity contribution is -0.139. The van der Waals surface area contributed by atoms with Crippen LogP contribution < -0.4 is 5.32 Å². The molecule has 4 nitrogen and oxygen atoms in total. The minimum atomic E-state index is -0.943. The highest BCUT2D eigenvalue weighted by molar-refractivity contribution is 5.67. The highest BCUT2D eigenvalue weighted by Crippen LogP contribution is 2.25. The quantitative estimate of drug-likeness (QED) is 0.622. The van der Waals surface area contributed by atoms with Crippen molar-refractivity contribution in [3.8, 4) is 0 Å². The molecule has 1 unspecified atom stereocenters. The SMILES string of the molecule is C[C@H](NCC(O)CC(=O)O)C1CCCCCC1. The second-order valence-corrected chi connectivity index (χ2v) is 5.20. The fourth-order valence-corrected chi connectivity index (χ4v) is 2.57. The van der Waals surface area contributed by atoms with Gasteiger partial charge in [-0.05, 0) is 25.7 Å². The standard InChI is InChI=1S/C13H25NO3/c1-10(11-6-4-2-3-5-7-11)14-9-12(15)8-13(16)17/h10-12,14-15H,2-9H2,1H3,(H,16,17)/t10-,12?/m0/s1. The summed E-state index contributed by atoms with van der Waals surface area (Å²) in [5.41, 5.74) is 0. The summed E-state index contributed by atoms with van der Waals surface area (Å²) >= 11 is 0. The van der Waals surface area contributed by atoms with E-state index >= 15 is 0 Å². The predicted molar refractivity (Wildman–Crippen MR) is 66.9 cm³/mol. The number of aliphatic carboxylic acids is 1. The zero-order valence-electron chi connectivity index (χ0n) is 10.7. The van der Waals surface area contributed by atoms with Crippen molar-refractivity contribution in [3.63, 3.8) is 0 Å². The molecule has 100 valence electrons. The number of carbonyl (C=O) groups is 1. The topological polar surface area (TPSA) is 69.6 Å². The van der Waals surface area contributed by atoms with Crippen molar-refractivity contribution < 1.29 is 15.0 Å². The van der Waals surface area contributed by atoms with Crippen LogP contribution in [0.5, 0.6) is 0 Å². The summed E-state index contributed by atoms with van der Waals surface area (Å²) in [7, 11) is 0.